The fourth-order valence-electron chi connectivity index (χ4n) is 3.63. The van der Waals surface area contributed by atoms with Crippen molar-refractivity contribution in [2.24, 2.45) is 0 Å². The Morgan fingerprint density at radius 2 is 2.00 bits per heavy atom. The second kappa shape index (κ2) is 7.91. The molecule has 0 aromatic carbocycles. The van der Waals surface area contributed by atoms with Gasteiger partial charge in [-0.2, -0.15) is 0 Å². The van der Waals surface area contributed by atoms with Gasteiger partial charge in [0.15, 0.2) is 0 Å². The topological polar surface area (TPSA) is 38.7 Å². The van der Waals surface area contributed by atoms with Crippen molar-refractivity contribution in [3.8, 4) is 0 Å². The molecule has 2 aliphatic rings. The first-order chi connectivity index (χ1) is 10.1. The molecule has 2 fully saturated rings. The summed E-state index contributed by atoms with van der Waals surface area (Å²) in [6.45, 7) is 13.0. The standard InChI is InChI=1S/C17H35N3O/c1-4-17(14-21,18-16-7-8-16)9-6-10-19-11-12-20(5-2)15(3)13-19/h15-16,18,21H,4-14H2,1-3H3. The van der Waals surface area contributed by atoms with Crippen LogP contribution in [-0.4, -0.2) is 71.9 Å². The molecular formula is C17H35N3O. The molecule has 1 aliphatic heterocycles. The fourth-order valence-corrected chi connectivity index (χ4v) is 3.63. The molecule has 1 heterocycles. The van der Waals surface area contributed by atoms with E-state index in [1.807, 2.05) is 0 Å². The van der Waals surface area contributed by atoms with Gasteiger partial charge in [-0.05, 0) is 52.1 Å². The van der Waals surface area contributed by atoms with E-state index in [-0.39, 0.29) is 12.1 Å². The predicted molar refractivity (Wildman–Crippen MR) is 88.6 cm³/mol. The Labute approximate surface area is 130 Å². The first-order valence-corrected chi connectivity index (χ1v) is 8.97. The van der Waals surface area contributed by atoms with Crippen molar-refractivity contribution in [3.05, 3.63) is 0 Å². The van der Waals surface area contributed by atoms with Gasteiger partial charge in [0.2, 0.25) is 0 Å². The summed E-state index contributed by atoms with van der Waals surface area (Å²) < 4.78 is 0. The minimum absolute atomic E-state index is 0.0297. The van der Waals surface area contributed by atoms with Crippen molar-refractivity contribution < 1.29 is 5.11 Å². The van der Waals surface area contributed by atoms with Crippen LogP contribution in [0.15, 0.2) is 0 Å². The molecule has 1 saturated heterocycles. The number of piperazine rings is 1. The molecule has 2 N–H and O–H groups in total. The van der Waals surface area contributed by atoms with E-state index in [9.17, 15) is 5.11 Å². The highest BCUT2D eigenvalue weighted by Crippen LogP contribution is 2.27. The van der Waals surface area contributed by atoms with E-state index < -0.39 is 0 Å². The van der Waals surface area contributed by atoms with Crippen LogP contribution in [0, 0.1) is 0 Å². The van der Waals surface area contributed by atoms with Gasteiger partial charge in [0.25, 0.3) is 0 Å². The summed E-state index contributed by atoms with van der Waals surface area (Å²) in [5.41, 5.74) is -0.0297. The monoisotopic (exact) mass is 297 g/mol. The number of nitrogens with zero attached hydrogens (tertiary/aromatic N) is 2. The van der Waals surface area contributed by atoms with Crippen LogP contribution in [0.4, 0.5) is 0 Å². The zero-order valence-electron chi connectivity index (χ0n) is 14.3. The van der Waals surface area contributed by atoms with E-state index in [0.717, 1.165) is 12.8 Å². The first kappa shape index (κ1) is 17.2. The molecule has 1 saturated carbocycles. The number of hydrogen-bond donors (Lipinski definition) is 2. The Morgan fingerprint density at radius 1 is 1.24 bits per heavy atom. The molecule has 0 radical (unpaired) electrons. The number of aliphatic hydroxyl groups is 1. The van der Waals surface area contributed by atoms with Crippen LogP contribution in [0.5, 0.6) is 0 Å². The van der Waals surface area contributed by atoms with E-state index in [4.69, 9.17) is 0 Å². The molecular weight excluding hydrogens is 262 g/mol. The van der Waals surface area contributed by atoms with Gasteiger partial charge in [-0.25, -0.2) is 0 Å². The average Bonchev–Trinajstić information content (AvgIpc) is 3.30. The summed E-state index contributed by atoms with van der Waals surface area (Å²) in [6, 6.07) is 1.35. The molecule has 4 nitrogen and oxygen atoms in total. The zero-order chi connectivity index (χ0) is 15.3. The second-order valence-corrected chi connectivity index (χ2v) is 7.09. The van der Waals surface area contributed by atoms with Crippen LogP contribution in [0.25, 0.3) is 0 Å². The zero-order valence-corrected chi connectivity index (χ0v) is 14.3. The second-order valence-electron chi connectivity index (χ2n) is 7.09. The van der Waals surface area contributed by atoms with Crippen molar-refractivity contribution >= 4 is 0 Å². The van der Waals surface area contributed by atoms with Crippen LogP contribution in [0.2, 0.25) is 0 Å². The highest BCUT2D eigenvalue weighted by molar-refractivity contribution is 4.94. The molecule has 0 aromatic heterocycles. The Balaban J connectivity index is 1.72. The lowest BCUT2D eigenvalue weighted by atomic mass is 9.90. The predicted octanol–water partition coefficient (Wildman–Crippen LogP) is 1.69. The molecule has 0 aromatic rings. The maximum absolute atomic E-state index is 9.82. The summed E-state index contributed by atoms with van der Waals surface area (Å²) in [5, 5.41) is 13.5. The molecule has 21 heavy (non-hydrogen) atoms. The van der Waals surface area contributed by atoms with Crippen molar-refractivity contribution in [1.29, 1.82) is 0 Å². The Hall–Kier alpha value is -0.160. The summed E-state index contributed by atoms with van der Waals surface area (Å²) in [5.74, 6) is 0. The lowest BCUT2D eigenvalue weighted by Gasteiger charge is -2.40. The van der Waals surface area contributed by atoms with Gasteiger partial charge >= 0.3 is 0 Å². The summed E-state index contributed by atoms with van der Waals surface area (Å²) in [4.78, 5) is 5.17. The van der Waals surface area contributed by atoms with Gasteiger partial charge in [0.1, 0.15) is 0 Å². The highest BCUT2D eigenvalue weighted by atomic mass is 16.3. The van der Waals surface area contributed by atoms with E-state index in [0.29, 0.717) is 12.1 Å². The molecule has 0 spiro atoms. The van der Waals surface area contributed by atoms with Crippen molar-refractivity contribution in [2.75, 3.05) is 39.3 Å². The molecule has 2 unspecified atom stereocenters. The van der Waals surface area contributed by atoms with Crippen molar-refractivity contribution in [2.45, 2.75) is 70.5 Å². The van der Waals surface area contributed by atoms with Gasteiger partial charge in [0.05, 0.1) is 6.61 Å². The molecule has 2 atom stereocenters. The summed E-state index contributed by atoms with van der Waals surface area (Å²) in [6.07, 6.45) is 5.89. The van der Waals surface area contributed by atoms with Crippen LogP contribution in [-0.2, 0) is 0 Å². The number of hydrogen-bond acceptors (Lipinski definition) is 4. The van der Waals surface area contributed by atoms with Gasteiger partial charge in [0, 0.05) is 37.3 Å². The van der Waals surface area contributed by atoms with E-state index in [2.05, 4.69) is 35.9 Å². The third kappa shape index (κ3) is 4.92. The first-order valence-electron chi connectivity index (χ1n) is 8.97. The molecule has 0 bridgehead atoms. The minimum atomic E-state index is -0.0297. The maximum atomic E-state index is 9.82. The van der Waals surface area contributed by atoms with E-state index >= 15 is 0 Å². The van der Waals surface area contributed by atoms with Crippen LogP contribution >= 0.6 is 0 Å². The number of nitrogens with one attached hydrogen (secondary N) is 1. The smallest absolute Gasteiger partial charge is 0.0613 e. The minimum Gasteiger partial charge on any atom is -0.394 e. The lowest BCUT2D eigenvalue weighted by molar-refractivity contribution is 0.0810. The Kier molecular flexibility index (Phi) is 6.48. The number of likely N-dealkylation sites (N-methyl/N-ethyl adjacent to an activating group) is 1. The Morgan fingerprint density at radius 3 is 2.52 bits per heavy atom. The maximum Gasteiger partial charge on any atom is 0.0613 e. The fraction of sp³-hybridized carbons (Fsp3) is 1.00. The molecule has 1 aliphatic carbocycles. The van der Waals surface area contributed by atoms with Crippen molar-refractivity contribution in [3.63, 3.8) is 0 Å². The Bertz CT molecular complexity index is 302. The third-order valence-corrected chi connectivity index (χ3v) is 5.45. The van der Waals surface area contributed by atoms with Gasteiger partial charge < -0.3 is 15.3 Å². The van der Waals surface area contributed by atoms with Gasteiger partial charge in [-0.3, -0.25) is 4.90 Å². The largest absolute Gasteiger partial charge is 0.394 e. The number of aliphatic hydroxyl groups excluding tert-OH is 1. The third-order valence-electron chi connectivity index (χ3n) is 5.45. The van der Waals surface area contributed by atoms with Crippen molar-refractivity contribution in [1.82, 2.24) is 15.1 Å². The summed E-state index contributed by atoms with van der Waals surface area (Å²) in [7, 11) is 0. The van der Waals surface area contributed by atoms with E-state index in [1.54, 1.807) is 0 Å². The van der Waals surface area contributed by atoms with Gasteiger partial charge in [-0.1, -0.05) is 13.8 Å². The van der Waals surface area contributed by atoms with Crippen LogP contribution in [0.3, 0.4) is 0 Å². The normalized spacial score (nSPS) is 27.7. The highest BCUT2D eigenvalue weighted by Gasteiger charge is 2.34. The van der Waals surface area contributed by atoms with E-state index in [1.165, 1.54) is 52.0 Å². The molecule has 4 heteroatoms. The van der Waals surface area contributed by atoms with Crippen LogP contribution in [0.1, 0.15) is 52.9 Å². The lowest BCUT2D eigenvalue weighted by Crippen LogP contribution is -2.52. The summed E-state index contributed by atoms with van der Waals surface area (Å²) >= 11 is 0. The van der Waals surface area contributed by atoms with Crippen LogP contribution < -0.4 is 5.32 Å². The molecule has 0 amide bonds. The SMILES string of the molecule is CCN1CCN(CCCC(CC)(CO)NC2CC2)CC1C. The quantitative estimate of drug-likeness (QED) is 0.679. The number of rotatable bonds is 9. The molecule has 2 rings (SSSR count). The van der Waals surface area contributed by atoms with Gasteiger partial charge in [-0.15, -0.1) is 0 Å². The average molecular weight is 297 g/mol. The molecule has 124 valence electrons.